The van der Waals surface area contributed by atoms with Crippen molar-refractivity contribution < 1.29 is 0 Å². The first kappa shape index (κ1) is 35.5. The van der Waals surface area contributed by atoms with Gasteiger partial charge in [0.2, 0.25) is 0 Å². The Morgan fingerprint density at radius 1 is 0.459 bits per heavy atom. The second kappa shape index (κ2) is 14.1. The van der Waals surface area contributed by atoms with Crippen molar-refractivity contribution in [3.63, 3.8) is 0 Å². The SMILES string of the molecule is CCC1C(c2ccc(-c3ccc(-c4ccccc4)nc3-c3ccccc3)cc2)=NC(c2ccc3c(c2)C2(c4ccccc4-c4ccccc42)c2ccccc2-3)=C2C=CC=CC21. The molecule has 4 aliphatic rings. The number of allylic oxidation sites excluding steroid dienone is 5. The van der Waals surface area contributed by atoms with Crippen LogP contribution in [0.1, 0.15) is 46.7 Å². The molecule has 61 heavy (non-hydrogen) atoms. The van der Waals surface area contributed by atoms with E-state index in [0.717, 1.165) is 62.6 Å². The minimum absolute atomic E-state index is 0.226. The number of aliphatic imine (C=N–C) groups is 1. The summed E-state index contributed by atoms with van der Waals surface area (Å²) in [5, 5.41) is 0. The summed E-state index contributed by atoms with van der Waals surface area (Å²) < 4.78 is 0. The molecule has 288 valence electrons. The van der Waals surface area contributed by atoms with Gasteiger partial charge in [-0.1, -0.05) is 207 Å². The normalized spacial score (nSPS) is 17.4. The average Bonchev–Trinajstić information content (AvgIpc) is 3.81. The minimum Gasteiger partial charge on any atom is -0.252 e. The predicted molar refractivity (Wildman–Crippen MR) is 252 cm³/mol. The highest BCUT2D eigenvalue weighted by atomic mass is 14.8. The van der Waals surface area contributed by atoms with Crippen LogP contribution in [0.2, 0.25) is 0 Å². The van der Waals surface area contributed by atoms with E-state index in [1.54, 1.807) is 0 Å². The highest BCUT2D eigenvalue weighted by Gasteiger charge is 2.51. The number of pyridine rings is 1. The molecule has 2 atom stereocenters. The van der Waals surface area contributed by atoms with Crippen molar-refractivity contribution in [2.45, 2.75) is 18.8 Å². The lowest BCUT2D eigenvalue weighted by Gasteiger charge is -2.34. The molecule has 1 aliphatic heterocycles. The van der Waals surface area contributed by atoms with E-state index >= 15 is 0 Å². The van der Waals surface area contributed by atoms with Gasteiger partial charge in [-0.15, -0.1) is 0 Å². The van der Waals surface area contributed by atoms with Crippen LogP contribution in [0.15, 0.2) is 223 Å². The van der Waals surface area contributed by atoms with Crippen molar-refractivity contribution in [1.82, 2.24) is 4.98 Å². The van der Waals surface area contributed by atoms with Gasteiger partial charge in [-0.3, -0.25) is 4.99 Å². The summed E-state index contributed by atoms with van der Waals surface area (Å²) in [6, 6.07) is 68.7. The van der Waals surface area contributed by atoms with Gasteiger partial charge in [0.15, 0.2) is 0 Å². The minimum atomic E-state index is -0.405. The third kappa shape index (κ3) is 5.35. The lowest BCUT2D eigenvalue weighted by Crippen LogP contribution is -2.29. The molecular formula is C59H42N2. The van der Waals surface area contributed by atoms with Crippen LogP contribution in [0.4, 0.5) is 0 Å². The first-order chi connectivity index (χ1) is 30.2. The summed E-state index contributed by atoms with van der Waals surface area (Å²) in [5.74, 6) is 0.472. The molecule has 0 radical (unpaired) electrons. The molecule has 2 nitrogen and oxygen atoms in total. The van der Waals surface area contributed by atoms with Crippen LogP contribution >= 0.6 is 0 Å². The first-order valence-electron chi connectivity index (χ1n) is 21.6. The van der Waals surface area contributed by atoms with Gasteiger partial charge in [0.05, 0.1) is 28.2 Å². The number of hydrogen-bond acceptors (Lipinski definition) is 2. The Kier molecular flexibility index (Phi) is 8.21. The quantitative estimate of drug-likeness (QED) is 0.165. The summed E-state index contributed by atoms with van der Waals surface area (Å²) in [4.78, 5) is 11.0. The van der Waals surface area contributed by atoms with Gasteiger partial charge in [-0.05, 0) is 79.8 Å². The molecule has 2 unspecified atom stereocenters. The van der Waals surface area contributed by atoms with Crippen LogP contribution in [0.25, 0.3) is 61.6 Å². The zero-order valence-corrected chi connectivity index (χ0v) is 34.0. The second-order valence-corrected chi connectivity index (χ2v) is 16.6. The third-order valence-corrected chi connectivity index (χ3v) is 13.6. The fourth-order valence-corrected chi connectivity index (χ4v) is 10.9. The monoisotopic (exact) mass is 778 g/mol. The Bertz CT molecular complexity index is 3100. The number of hydrogen-bond donors (Lipinski definition) is 0. The van der Waals surface area contributed by atoms with E-state index in [-0.39, 0.29) is 11.8 Å². The lowest BCUT2D eigenvalue weighted by molar-refractivity contribution is 0.549. The number of nitrogens with zero attached hydrogens (tertiary/aromatic N) is 2. The molecule has 2 heterocycles. The molecule has 0 N–H and O–H groups in total. The van der Waals surface area contributed by atoms with Gasteiger partial charge in [-0.2, -0.15) is 0 Å². The van der Waals surface area contributed by atoms with Gasteiger partial charge >= 0.3 is 0 Å². The summed E-state index contributed by atoms with van der Waals surface area (Å²) in [6.45, 7) is 2.31. The van der Waals surface area contributed by atoms with E-state index in [2.05, 4.69) is 213 Å². The van der Waals surface area contributed by atoms with Crippen molar-refractivity contribution in [2.75, 3.05) is 0 Å². The molecule has 2 heteroatoms. The highest BCUT2D eigenvalue weighted by Crippen LogP contribution is 2.63. The lowest BCUT2D eigenvalue weighted by atomic mass is 9.70. The van der Waals surface area contributed by atoms with E-state index in [0.29, 0.717) is 0 Å². The molecule has 1 aromatic heterocycles. The molecule has 0 fully saturated rings. The zero-order chi connectivity index (χ0) is 40.5. The number of aromatic nitrogens is 1. The molecule has 0 bridgehead atoms. The Morgan fingerprint density at radius 3 is 1.64 bits per heavy atom. The van der Waals surface area contributed by atoms with E-state index in [1.165, 1.54) is 50.1 Å². The molecule has 3 aliphatic carbocycles. The topological polar surface area (TPSA) is 25.2 Å². The van der Waals surface area contributed by atoms with Gasteiger partial charge in [0.1, 0.15) is 0 Å². The summed E-state index contributed by atoms with van der Waals surface area (Å²) in [6.07, 6.45) is 10.1. The largest absolute Gasteiger partial charge is 0.252 e. The van der Waals surface area contributed by atoms with Crippen LogP contribution in [-0.2, 0) is 5.41 Å². The fourth-order valence-electron chi connectivity index (χ4n) is 10.9. The highest BCUT2D eigenvalue weighted by molar-refractivity contribution is 6.08. The number of benzene rings is 7. The second-order valence-electron chi connectivity index (χ2n) is 16.6. The predicted octanol–water partition coefficient (Wildman–Crippen LogP) is 14.4. The Balaban J connectivity index is 0.996. The van der Waals surface area contributed by atoms with Gasteiger partial charge in [0, 0.05) is 34.1 Å². The van der Waals surface area contributed by atoms with Crippen molar-refractivity contribution >= 4 is 11.4 Å². The van der Waals surface area contributed by atoms with Crippen molar-refractivity contribution in [1.29, 1.82) is 0 Å². The van der Waals surface area contributed by atoms with E-state index < -0.39 is 5.41 Å². The summed E-state index contributed by atoms with van der Waals surface area (Å²) in [5.41, 5.74) is 22.5. The van der Waals surface area contributed by atoms with Gasteiger partial charge in [0.25, 0.3) is 0 Å². The molecule has 12 rings (SSSR count). The average molecular weight is 779 g/mol. The van der Waals surface area contributed by atoms with Gasteiger partial charge in [-0.25, -0.2) is 4.98 Å². The molecule has 8 aromatic rings. The molecular weight excluding hydrogens is 737 g/mol. The molecule has 1 spiro atoms. The zero-order valence-electron chi connectivity index (χ0n) is 34.0. The number of fused-ring (bicyclic) bond motifs is 11. The van der Waals surface area contributed by atoms with E-state index in [4.69, 9.17) is 9.98 Å². The van der Waals surface area contributed by atoms with Gasteiger partial charge < -0.3 is 0 Å². The standard InChI is InChI=1S/C59H42N2/c1-2-43-45-21-9-10-25-50(45)58(42-33-34-49-48-24-13-16-28-53(48)59(54(49)37-42)51-26-14-11-22-46(51)47-23-12-15-27-52(47)59)61-56(43)41-31-29-38(30-32-41)44-35-36-55(39-17-5-3-6-18-39)60-57(44)40-19-7-4-8-20-40/h3-37,43,45H,2H2,1H3. The fraction of sp³-hybridized carbons (Fsp3) is 0.0847. The van der Waals surface area contributed by atoms with E-state index in [9.17, 15) is 0 Å². The Hall–Kier alpha value is -7.42. The van der Waals surface area contributed by atoms with Crippen LogP contribution in [0, 0.1) is 11.8 Å². The maximum absolute atomic E-state index is 5.75. The summed E-state index contributed by atoms with van der Waals surface area (Å²) >= 11 is 0. The van der Waals surface area contributed by atoms with Crippen LogP contribution < -0.4 is 0 Å². The molecule has 0 amide bonds. The molecule has 0 saturated heterocycles. The van der Waals surface area contributed by atoms with Crippen molar-refractivity contribution in [3.05, 3.63) is 251 Å². The van der Waals surface area contributed by atoms with Crippen LogP contribution in [0.3, 0.4) is 0 Å². The maximum atomic E-state index is 5.75. The Labute approximate surface area is 357 Å². The summed E-state index contributed by atoms with van der Waals surface area (Å²) in [7, 11) is 0. The van der Waals surface area contributed by atoms with Crippen LogP contribution in [-0.4, -0.2) is 10.7 Å². The number of rotatable bonds is 6. The van der Waals surface area contributed by atoms with E-state index in [1.807, 2.05) is 6.07 Å². The smallest absolute Gasteiger partial charge is 0.0787 e. The third-order valence-electron chi connectivity index (χ3n) is 13.6. The van der Waals surface area contributed by atoms with Crippen LogP contribution in [0.5, 0.6) is 0 Å². The Morgan fingerprint density at radius 2 is 1.00 bits per heavy atom. The molecule has 7 aromatic carbocycles. The first-order valence-corrected chi connectivity index (χ1v) is 21.6. The molecule has 0 saturated carbocycles. The van der Waals surface area contributed by atoms with Crippen molar-refractivity contribution in [3.8, 4) is 55.9 Å². The maximum Gasteiger partial charge on any atom is 0.0787 e. The van der Waals surface area contributed by atoms with Crippen molar-refractivity contribution in [2.24, 2.45) is 16.8 Å².